The molecule has 2 heterocycles. The van der Waals surface area contributed by atoms with Crippen molar-refractivity contribution in [1.82, 2.24) is 10.2 Å². The molecule has 1 fully saturated rings. The van der Waals surface area contributed by atoms with Gasteiger partial charge in [-0.15, -0.1) is 10.2 Å². The third-order valence-electron chi connectivity index (χ3n) is 4.60. The molecule has 0 saturated carbocycles. The van der Waals surface area contributed by atoms with Crippen LogP contribution in [-0.4, -0.2) is 28.6 Å². The van der Waals surface area contributed by atoms with E-state index in [1.807, 2.05) is 30.3 Å². The van der Waals surface area contributed by atoms with Gasteiger partial charge >= 0.3 is 0 Å². The van der Waals surface area contributed by atoms with Crippen molar-refractivity contribution in [3.8, 4) is 0 Å². The summed E-state index contributed by atoms with van der Waals surface area (Å²) >= 11 is 13.3. The van der Waals surface area contributed by atoms with Crippen molar-refractivity contribution in [2.45, 2.75) is 12.3 Å². The summed E-state index contributed by atoms with van der Waals surface area (Å²) in [7, 11) is 0. The molecule has 4 rings (SSSR count). The number of halogens is 2. The molecule has 1 aromatic heterocycles. The lowest BCUT2D eigenvalue weighted by molar-refractivity contribution is -0.117. The minimum absolute atomic E-state index is 0.0192. The Hall–Kier alpha value is -2.74. The van der Waals surface area contributed by atoms with Crippen LogP contribution in [0.15, 0.2) is 54.6 Å². The number of carbonyl (C=O) groups excluding carboxylic acids is 2. The highest BCUT2D eigenvalue weighted by molar-refractivity contribution is 7.15. The number of amides is 2. The monoisotopic (exact) mass is 458 g/mol. The van der Waals surface area contributed by atoms with E-state index in [-0.39, 0.29) is 17.7 Å². The molecule has 1 unspecified atom stereocenters. The van der Waals surface area contributed by atoms with Crippen molar-refractivity contribution >= 4 is 63.2 Å². The molecule has 1 aliphatic heterocycles. The summed E-state index contributed by atoms with van der Waals surface area (Å²) in [6.07, 6.45) is 3.38. The van der Waals surface area contributed by atoms with Gasteiger partial charge < -0.3 is 4.90 Å². The lowest BCUT2D eigenvalue weighted by Crippen LogP contribution is -2.24. The molecular weight excluding hydrogens is 443 g/mol. The van der Waals surface area contributed by atoms with Crippen LogP contribution < -0.4 is 10.2 Å². The van der Waals surface area contributed by atoms with Crippen molar-refractivity contribution < 1.29 is 9.59 Å². The number of nitrogens with zero attached hydrogens (tertiary/aromatic N) is 3. The highest BCUT2D eigenvalue weighted by Crippen LogP contribution is 2.34. The molecule has 1 N–H and O–H groups in total. The van der Waals surface area contributed by atoms with Gasteiger partial charge in [0, 0.05) is 40.7 Å². The first-order valence-corrected chi connectivity index (χ1v) is 10.7. The van der Waals surface area contributed by atoms with E-state index in [0.717, 1.165) is 11.3 Å². The van der Waals surface area contributed by atoms with E-state index >= 15 is 0 Å². The highest BCUT2D eigenvalue weighted by atomic mass is 35.5. The minimum Gasteiger partial charge on any atom is -0.312 e. The fraction of sp³-hybridized carbons (Fsp3) is 0.143. The quantitative estimate of drug-likeness (QED) is 0.544. The largest absolute Gasteiger partial charge is 0.312 e. The first-order valence-electron chi connectivity index (χ1n) is 9.12. The number of anilines is 2. The second-order valence-corrected chi connectivity index (χ2v) is 8.52. The molecule has 2 amide bonds. The fourth-order valence-electron chi connectivity index (χ4n) is 3.12. The summed E-state index contributed by atoms with van der Waals surface area (Å²) < 4.78 is 0. The summed E-state index contributed by atoms with van der Waals surface area (Å²) in [5.74, 6) is -0.385. The summed E-state index contributed by atoms with van der Waals surface area (Å²) in [6.45, 7) is 0.509. The maximum atomic E-state index is 12.4. The zero-order chi connectivity index (χ0) is 21.1. The van der Waals surface area contributed by atoms with Crippen LogP contribution in [0.2, 0.25) is 10.0 Å². The number of benzene rings is 2. The summed E-state index contributed by atoms with van der Waals surface area (Å²) in [6, 6.07) is 14.4. The molecule has 0 radical (unpaired) electrons. The van der Waals surface area contributed by atoms with Gasteiger partial charge in [-0.25, -0.2) is 0 Å². The van der Waals surface area contributed by atoms with Gasteiger partial charge in [-0.05, 0) is 42.0 Å². The Balaban J connectivity index is 1.39. The second kappa shape index (κ2) is 8.95. The maximum Gasteiger partial charge on any atom is 0.250 e. The Morgan fingerprint density at radius 1 is 1.13 bits per heavy atom. The molecule has 3 aromatic rings. The Morgan fingerprint density at radius 2 is 1.90 bits per heavy atom. The first-order chi connectivity index (χ1) is 14.5. The zero-order valence-electron chi connectivity index (χ0n) is 15.6. The number of hydrogen-bond acceptors (Lipinski definition) is 5. The molecule has 1 atom stereocenters. The average Bonchev–Trinajstić information content (AvgIpc) is 3.34. The van der Waals surface area contributed by atoms with E-state index in [1.54, 1.807) is 29.2 Å². The van der Waals surface area contributed by atoms with E-state index in [1.165, 1.54) is 17.4 Å². The van der Waals surface area contributed by atoms with Crippen molar-refractivity contribution in [3.63, 3.8) is 0 Å². The van der Waals surface area contributed by atoms with E-state index in [2.05, 4.69) is 15.5 Å². The van der Waals surface area contributed by atoms with Crippen LogP contribution in [0.3, 0.4) is 0 Å². The third kappa shape index (κ3) is 4.70. The van der Waals surface area contributed by atoms with Gasteiger partial charge in [0.05, 0.1) is 0 Å². The Labute approximate surface area is 187 Å². The first kappa shape index (κ1) is 20.5. The van der Waals surface area contributed by atoms with Crippen molar-refractivity contribution in [2.75, 3.05) is 16.8 Å². The molecule has 152 valence electrons. The van der Waals surface area contributed by atoms with Crippen LogP contribution in [-0.2, 0) is 9.59 Å². The number of aromatic nitrogens is 2. The van der Waals surface area contributed by atoms with Gasteiger partial charge in [-0.2, -0.15) is 0 Å². The molecule has 0 bridgehead atoms. The summed E-state index contributed by atoms with van der Waals surface area (Å²) in [5, 5.41) is 13.2. The number of nitrogens with one attached hydrogen (secondary N) is 1. The lowest BCUT2D eigenvalue weighted by Gasteiger charge is -2.16. The van der Waals surface area contributed by atoms with Gasteiger partial charge in [-0.3, -0.25) is 14.9 Å². The highest BCUT2D eigenvalue weighted by Gasteiger charge is 2.33. The molecule has 1 saturated heterocycles. The van der Waals surface area contributed by atoms with Crippen molar-refractivity contribution in [2.24, 2.45) is 0 Å². The lowest BCUT2D eigenvalue weighted by atomic mass is 10.1. The zero-order valence-corrected chi connectivity index (χ0v) is 17.9. The molecule has 9 heteroatoms. The number of rotatable bonds is 5. The number of hydrogen-bond donors (Lipinski definition) is 1. The van der Waals surface area contributed by atoms with Crippen molar-refractivity contribution in [1.29, 1.82) is 0 Å². The Bertz CT molecular complexity index is 1110. The van der Waals surface area contributed by atoms with Gasteiger partial charge in [0.1, 0.15) is 5.01 Å². The molecule has 30 heavy (non-hydrogen) atoms. The average molecular weight is 459 g/mol. The molecule has 6 nitrogen and oxygen atoms in total. The molecular formula is C21H16Cl2N4O2S. The topological polar surface area (TPSA) is 75.2 Å². The van der Waals surface area contributed by atoms with E-state index < -0.39 is 0 Å². The van der Waals surface area contributed by atoms with E-state index in [9.17, 15) is 9.59 Å². The smallest absolute Gasteiger partial charge is 0.250 e. The van der Waals surface area contributed by atoms with Crippen molar-refractivity contribution in [3.05, 3.63) is 75.2 Å². The van der Waals surface area contributed by atoms with Gasteiger partial charge in [0.2, 0.25) is 16.9 Å². The second-order valence-electron chi connectivity index (χ2n) is 6.67. The van der Waals surface area contributed by atoms with Crippen LogP contribution in [0, 0.1) is 0 Å². The van der Waals surface area contributed by atoms with Crippen LogP contribution in [0.5, 0.6) is 0 Å². The molecule has 0 aliphatic carbocycles. The van der Waals surface area contributed by atoms with Gasteiger partial charge in [0.15, 0.2) is 0 Å². The van der Waals surface area contributed by atoms with Crippen LogP contribution >= 0.6 is 34.5 Å². The predicted molar refractivity (Wildman–Crippen MR) is 120 cm³/mol. The van der Waals surface area contributed by atoms with Gasteiger partial charge in [-0.1, -0.05) is 52.7 Å². The molecule has 0 spiro atoms. The summed E-state index contributed by atoms with van der Waals surface area (Å²) in [4.78, 5) is 26.3. The summed E-state index contributed by atoms with van der Waals surface area (Å²) in [5.41, 5.74) is 1.55. The van der Waals surface area contributed by atoms with Crippen LogP contribution in [0.25, 0.3) is 6.08 Å². The number of carbonyl (C=O) groups is 2. The fourth-order valence-corrected chi connectivity index (χ4v) is 4.28. The van der Waals surface area contributed by atoms with E-state index in [4.69, 9.17) is 23.2 Å². The van der Waals surface area contributed by atoms with Gasteiger partial charge in [0.25, 0.3) is 0 Å². The maximum absolute atomic E-state index is 12.4. The van der Waals surface area contributed by atoms with Crippen LogP contribution in [0.1, 0.15) is 22.9 Å². The Kier molecular flexibility index (Phi) is 6.13. The molecule has 1 aliphatic rings. The SMILES string of the molecule is O=C(/C=C/c1ccccc1Cl)Nc1nnc(C2CC(=O)N(c3ccc(Cl)cc3)C2)s1. The normalized spacial score (nSPS) is 16.4. The van der Waals surface area contributed by atoms with Crippen LogP contribution in [0.4, 0.5) is 10.8 Å². The third-order valence-corrected chi connectivity index (χ3v) is 6.20. The standard InChI is InChI=1S/C21H16Cl2N4O2S/c22-15-6-8-16(9-7-15)27-12-14(11-19(27)29)20-25-26-21(30-20)24-18(28)10-5-13-3-1-2-4-17(13)23/h1-10,14H,11-12H2,(H,24,26,28)/b10-5+. The molecule has 2 aromatic carbocycles. The minimum atomic E-state index is -0.331. The Morgan fingerprint density at radius 3 is 2.67 bits per heavy atom. The predicted octanol–water partition coefficient (Wildman–Crippen LogP) is 5.02. The van der Waals surface area contributed by atoms with E-state index in [0.29, 0.717) is 33.2 Å².